The number of nitrogens with zero attached hydrogens (tertiary/aromatic N) is 1. The summed E-state index contributed by atoms with van der Waals surface area (Å²) >= 11 is 0. The number of likely N-dealkylation sites (tertiary alicyclic amines) is 1. The van der Waals surface area contributed by atoms with Gasteiger partial charge in [0, 0.05) is 11.6 Å². The lowest BCUT2D eigenvalue weighted by Crippen LogP contribution is -2.57. The van der Waals surface area contributed by atoms with E-state index in [9.17, 15) is 5.11 Å². The van der Waals surface area contributed by atoms with E-state index >= 15 is 0 Å². The van der Waals surface area contributed by atoms with Gasteiger partial charge in [-0.3, -0.25) is 4.90 Å². The largest absolute Gasteiger partial charge is 0.508 e. The molecular formula is C17H28N2O. The predicted octanol–water partition coefficient (Wildman–Crippen LogP) is 2.92. The normalized spacial score (nSPS) is 19.6. The van der Waals surface area contributed by atoms with Gasteiger partial charge in [0.15, 0.2) is 0 Å². The standard InChI is InChI=1S/C17H28N2O/c1-17(2,19-11-5-3-4-6-12-19)16(18)13-14-7-9-15(20)10-8-14/h7-10,16,20H,3-6,11-13,18H2,1-2H3. The van der Waals surface area contributed by atoms with Crippen molar-refractivity contribution in [3.63, 3.8) is 0 Å². The quantitative estimate of drug-likeness (QED) is 0.889. The highest BCUT2D eigenvalue weighted by Gasteiger charge is 2.33. The van der Waals surface area contributed by atoms with E-state index in [4.69, 9.17) is 5.73 Å². The van der Waals surface area contributed by atoms with Crippen molar-refractivity contribution in [2.75, 3.05) is 13.1 Å². The van der Waals surface area contributed by atoms with Gasteiger partial charge in [0.2, 0.25) is 0 Å². The summed E-state index contributed by atoms with van der Waals surface area (Å²) < 4.78 is 0. The van der Waals surface area contributed by atoms with E-state index in [0.717, 1.165) is 19.5 Å². The molecule has 3 heteroatoms. The minimum atomic E-state index is 0.0161. The van der Waals surface area contributed by atoms with Crippen LogP contribution in [-0.4, -0.2) is 34.7 Å². The van der Waals surface area contributed by atoms with E-state index in [1.165, 1.54) is 31.2 Å². The molecule has 2 rings (SSSR count). The molecule has 0 amide bonds. The first-order valence-corrected chi connectivity index (χ1v) is 7.78. The van der Waals surface area contributed by atoms with Crippen LogP contribution in [0, 0.1) is 0 Å². The van der Waals surface area contributed by atoms with E-state index in [0.29, 0.717) is 5.75 Å². The molecule has 1 atom stereocenters. The summed E-state index contributed by atoms with van der Waals surface area (Å²) in [6.07, 6.45) is 6.12. The molecule has 1 heterocycles. The number of aromatic hydroxyl groups is 1. The van der Waals surface area contributed by atoms with Gasteiger partial charge in [-0.2, -0.15) is 0 Å². The Hall–Kier alpha value is -1.06. The first kappa shape index (κ1) is 15.3. The average molecular weight is 276 g/mol. The maximum atomic E-state index is 9.35. The molecule has 20 heavy (non-hydrogen) atoms. The molecule has 3 N–H and O–H groups in total. The summed E-state index contributed by atoms with van der Waals surface area (Å²) in [5.74, 6) is 0.314. The van der Waals surface area contributed by atoms with Crippen LogP contribution in [0.3, 0.4) is 0 Å². The third-order valence-electron chi connectivity index (χ3n) is 4.72. The molecule has 1 aromatic carbocycles. The molecule has 112 valence electrons. The zero-order valence-corrected chi connectivity index (χ0v) is 12.8. The van der Waals surface area contributed by atoms with Crippen LogP contribution in [0.25, 0.3) is 0 Å². The van der Waals surface area contributed by atoms with E-state index in [1.807, 2.05) is 12.1 Å². The topological polar surface area (TPSA) is 49.5 Å². The molecule has 1 saturated heterocycles. The summed E-state index contributed by atoms with van der Waals surface area (Å²) in [5.41, 5.74) is 7.71. The molecule has 0 aromatic heterocycles. The third kappa shape index (κ3) is 3.74. The summed E-state index contributed by atoms with van der Waals surface area (Å²) in [5, 5.41) is 9.35. The van der Waals surface area contributed by atoms with Gasteiger partial charge in [0.1, 0.15) is 5.75 Å². The first-order chi connectivity index (χ1) is 9.50. The van der Waals surface area contributed by atoms with Crippen molar-refractivity contribution in [3.8, 4) is 5.75 Å². The highest BCUT2D eigenvalue weighted by atomic mass is 16.3. The third-order valence-corrected chi connectivity index (χ3v) is 4.72. The molecule has 0 bridgehead atoms. The second kappa shape index (κ2) is 6.59. The Kier molecular flexibility index (Phi) is 5.06. The Morgan fingerprint density at radius 3 is 2.20 bits per heavy atom. The molecule has 0 aliphatic carbocycles. The second-order valence-electron chi connectivity index (χ2n) is 6.53. The number of benzene rings is 1. The van der Waals surface area contributed by atoms with Crippen molar-refractivity contribution in [3.05, 3.63) is 29.8 Å². The Morgan fingerprint density at radius 2 is 1.65 bits per heavy atom. The van der Waals surface area contributed by atoms with E-state index in [2.05, 4.69) is 18.7 Å². The summed E-state index contributed by atoms with van der Waals surface area (Å²) in [7, 11) is 0. The maximum absolute atomic E-state index is 9.35. The van der Waals surface area contributed by atoms with Gasteiger partial charge in [-0.1, -0.05) is 25.0 Å². The predicted molar refractivity (Wildman–Crippen MR) is 83.9 cm³/mol. The van der Waals surface area contributed by atoms with Crippen LogP contribution in [0.5, 0.6) is 5.75 Å². The molecule has 0 saturated carbocycles. The number of hydrogen-bond acceptors (Lipinski definition) is 3. The van der Waals surface area contributed by atoms with Crippen LogP contribution in [0.15, 0.2) is 24.3 Å². The molecule has 1 fully saturated rings. The van der Waals surface area contributed by atoms with Crippen molar-refractivity contribution >= 4 is 0 Å². The van der Waals surface area contributed by atoms with Crippen molar-refractivity contribution in [2.45, 2.75) is 57.5 Å². The van der Waals surface area contributed by atoms with Crippen LogP contribution in [0.1, 0.15) is 45.1 Å². The lowest BCUT2D eigenvalue weighted by atomic mass is 9.88. The van der Waals surface area contributed by atoms with E-state index in [1.54, 1.807) is 12.1 Å². The molecule has 0 spiro atoms. The Balaban J connectivity index is 2.01. The van der Waals surface area contributed by atoms with Gasteiger partial charge < -0.3 is 10.8 Å². The van der Waals surface area contributed by atoms with Gasteiger partial charge in [0.25, 0.3) is 0 Å². The van der Waals surface area contributed by atoms with Crippen molar-refractivity contribution in [2.24, 2.45) is 5.73 Å². The van der Waals surface area contributed by atoms with Crippen LogP contribution >= 0.6 is 0 Å². The second-order valence-corrected chi connectivity index (χ2v) is 6.53. The van der Waals surface area contributed by atoms with Crippen LogP contribution in [0.2, 0.25) is 0 Å². The number of phenols is 1. The van der Waals surface area contributed by atoms with Crippen molar-refractivity contribution < 1.29 is 5.11 Å². The minimum Gasteiger partial charge on any atom is -0.508 e. The van der Waals surface area contributed by atoms with Gasteiger partial charge in [0.05, 0.1) is 0 Å². The SMILES string of the molecule is CC(C)(C(N)Cc1ccc(O)cc1)N1CCCCCC1. The zero-order chi connectivity index (χ0) is 14.6. The molecule has 1 aromatic rings. The summed E-state index contributed by atoms with van der Waals surface area (Å²) in [4.78, 5) is 2.56. The lowest BCUT2D eigenvalue weighted by molar-refractivity contribution is 0.0979. The maximum Gasteiger partial charge on any atom is 0.115 e. The fourth-order valence-electron chi connectivity index (χ4n) is 3.02. The molecule has 1 aliphatic rings. The summed E-state index contributed by atoms with van der Waals surface area (Å²) in [6.45, 7) is 6.86. The Labute approximate surface area is 122 Å². The number of nitrogens with two attached hydrogens (primary N) is 1. The molecule has 1 aliphatic heterocycles. The van der Waals surface area contributed by atoms with Gasteiger partial charge in [-0.05, 0) is 63.9 Å². The first-order valence-electron chi connectivity index (χ1n) is 7.78. The molecule has 0 radical (unpaired) electrons. The monoisotopic (exact) mass is 276 g/mol. The van der Waals surface area contributed by atoms with Crippen molar-refractivity contribution in [1.82, 2.24) is 4.90 Å². The number of hydrogen-bond donors (Lipinski definition) is 2. The van der Waals surface area contributed by atoms with Crippen LogP contribution in [-0.2, 0) is 6.42 Å². The lowest BCUT2D eigenvalue weighted by Gasteiger charge is -2.42. The highest BCUT2D eigenvalue weighted by Crippen LogP contribution is 2.24. The van der Waals surface area contributed by atoms with Gasteiger partial charge in [-0.15, -0.1) is 0 Å². The van der Waals surface area contributed by atoms with Crippen LogP contribution in [0.4, 0.5) is 0 Å². The summed E-state index contributed by atoms with van der Waals surface area (Å²) in [6, 6.07) is 7.51. The molecule has 3 nitrogen and oxygen atoms in total. The zero-order valence-electron chi connectivity index (χ0n) is 12.8. The van der Waals surface area contributed by atoms with Gasteiger partial charge in [-0.25, -0.2) is 0 Å². The number of rotatable bonds is 4. The Bertz CT molecular complexity index is 406. The highest BCUT2D eigenvalue weighted by molar-refractivity contribution is 5.26. The minimum absolute atomic E-state index is 0.0161. The van der Waals surface area contributed by atoms with Crippen LogP contribution < -0.4 is 5.73 Å². The average Bonchev–Trinajstić information content (AvgIpc) is 2.70. The number of phenolic OH excluding ortho intramolecular Hbond substituents is 1. The Morgan fingerprint density at radius 1 is 1.10 bits per heavy atom. The van der Waals surface area contributed by atoms with Gasteiger partial charge >= 0.3 is 0 Å². The smallest absolute Gasteiger partial charge is 0.115 e. The molecular weight excluding hydrogens is 248 g/mol. The fourth-order valence-corrected chi connectivity index (χ4v) is 3.02. The molecule has 1 unspecified atom stereocenters. The fraction of sp³-hybridized carbons (Fsp3) is 0.647. The van der Waals surface area contributed by atoms with E-state index in [-0.39, 0.29) is 11.6 Å². The van der Waals surface area contributed by atoms with E-state index < -0.39 is 0 Å². The van der Waals surface area contributed by atoms with Crippen molar-refractivity contribution in [1.29, 1.82) is 0 Å².